The molecule has 0 saturated heterocycles. The molecule has 1 amide bonds. The molecule has 0 radical (unpaired) electrons. The molecule has 0 unspecified atom stereocenters. The van der Waals surface area contributed by atoms with Crippen molar-refractivity contribution >= 4 is 17.7 Å². The number of rotatable bonds is 6. The third-order valence-corrected chi connectivity index (χ3v) is 4.55. The van der Waals surface area contributed by atoms with Gasteiger partial charge < -0.3 is 19.2 Å². The number of pyridine rings is 1. The summed E-state index contributed by atoms with van der Waals surface area (Å²) in [6, 6.07) is 11.1. The van der Waals surface area contributed by atoms with Gasteiger partial charge in [-0.3, -0.25) is 9.78 Å². The van der Waals surface area contributed by atoms with Gasteiger partial charge in [0, 0.05) is 12.4 Å². The van der Waals surface area contributed by atoms with Gasteiger partial charge in [0.15, 0.2) is 11.5 Å². The second kappa shape index (κ2) is 8.09. The van der Waals surface area contributed by atoms with E-state index in [9.17, 15) is 4.79 Å². The molecule has 1 atom stereocenters. The van der Waals surface area contributed by atoms with E-state index in [1.54, 1.807) is 18.5 Å². The zero-order valence-corrected chi connectivity index (χ0v) is 15.0. The third-order valence-electron chi connectivity index (χ3n) is 3.74. The largest absolute Gasteiger partial charge is 0.486 e. The topological polar surface area (TPSA) is 99.4 Å². The van der Waals surface area contributed by atoms with E-state index >= 15 is 0 Å². The summed E-state index contributed by atoms with van der Waals surface area (Å²) >= 11 is 1.17. The van der Waals surface area contributed by atoms with Crippen LogP contribution in [0.1, 0.15) is 0 Å². The average molecular weight is 384 g/mol. The number of ether oxygens (including phenoxy) is 2. The number of carbonyl (C=O) groups is 1. The highest BCUT2D eigenvalue weighted by molar-refractivity contribution is 7.99. The zero-order chi connectivity index (χ0) is 18.5. The molecule has 2 aromatic heterocycles. The van der Waals surface area contributed by atoms with Crippen LogP contribution in [0.15, 0.2) is 58.4 Å². The Kier molecular flexibility index (Phi) is 5.20. The van der Waals surface area contributed by atoms with Crippen LogP contribution in [0.5, 0.6) is 11.5 Å². The van der Waals surface area contributed by atoms with Gasteiger partial charge in [0.2, 0.25) is 11.8 Å². The Balaban J connectivity index is 1.23. The summed E-state index contributed by atoms with van der Waals surface area (Å²) in [6.07, 6.45) is 3.08. The van der Waals surface area contributed by atoms with Crippen LogP contribution in [-0.2, 0) is 4.79 Å². The van der Waals surface area contributed by atoms with Crippen molar-refractivity contribution in [3.05, 3.63) is 48.8 Å². The number of carbonyl (C=O) groups excluding carboxylic acids is 1. The first-order valence-electron chi connectivity index (χ1n) is 8.30. The van der Waals surface area contributed by atoms with Gasteiger partial charge in [-0.2, -0.15) is 0 Å². The average Bonchev–Trinajstić information content (AvgIpc) is 3.20. The standard InChI is InChI=1S/C18H16N4O4S/c23-16(20-9-13-10-24-14-5-1-2-6-15(14)25-13)11-27-18-22-21-17(26-18)12-4-3-7-19-8-12/h1-8,13H,9-11H2,(H,20,23)/t13-/m0/s1. The van der Waals surface area contributed by atoms with E-state index in [4.69, 9.17) is 13.9 Å². The highest BCUT2D eigenvalue weighted by Gasteiger charge is 2.21. The Hall–Kier alpha value is -3.07. The second-order valence-electron chi connectivity index (χ2n) is 5.71. The van der Waals surface area contributed by atoms with E-state index in [0.717, 1.165) is 11.3 Å². The third kappa shape index (κ3) is 4.37. The number of para-hydroxylation sites is 2. The van der Waals surface area contributed by atoms with Crippen LogP contribution in [0, 0.1) is 0 Å². The number of fused-ring (bicyclic) bond motifs is 1. The Morgan fingerprint density at radius 3 is 2.93 bits per heavy atom. The first-order valence-corrected chi connectivity index (χ1v) is 9.28. The lowest BCUT2D eigenvalue weighted by molar-refractivity contribution is -0.119. The highest BCUT2D eigenvalue weighted by Crippen LogP contribution is 2.30. The van der Waals surface area contributed by atoms with Crippen molar-refractivity contribution in [1.82, 2.24) is 20.5 Å². The Morgan fingerprint density at radius 2 is 2.07 bits per heavy atom. The SMILES string of the molecule is O=C(CSc1nnc(-c2cccnc2)o1)NC[C@H]1COc2ccccc2O1. The highest BCUT2D eigenvalue weighted by atomic mass is 32.2. The maximum absolute atomic E-state index is 12.1. The Morgan fingerprint density at radius 1 is 1.19 bits per heavy atom. The van der Waals surface area contributed by atoms with Gasteiger partial charge in [0.25, 0.3) is 5.22 Å². The number of nitrogens with one attached hydrogen (secondary N) is 1. The molecule has 3 aromatic rings. The fraction of sp³-hybridized carbons (Fsp3) is 0.222. The zero-order valence-electron chi connectivity index (χ0n) is 14.2. The molecule has 1 aromatic carbocycles. The van der Waals surface area contributed by atoms with Crippen LogP contribution in [0.4, 0.5) is 0 Å². The molecule has 0 saturated carbocycles. The van der Waals surface area contributed by atoms with Crippen molar-refractivity contribution in [2.45, 2.75) is 11.3 Å². The lowest BCUT2D eigenvalue weighted by Gasteiger charge is -2.26. The molecule has 1 aliphatic heterocycles. The normalized spacial score (nSPS) is 15.3. The van der Waals surface area contributed by atoms with E-state index in [-0.39, 0.29) is 17.8 Å². The number of hydrogen-bond donors (Lipinski definition) is 1. The van der Waals surface area contributed by atoms with Crippen LogP contribution in [0.25, 0.3) is 11.5 Å². The molecular formula is C18H16N4O4S. The van der Waals surface area contributed by atoms with Crippen LogP contribution >= 0.6 is 11.8 Å². The minimum Gasteiger partial charge on any atom is -0.486 e. The number of thioether (sulfide) groups is 1. The maximum Gasteiger partial charge on any atom is 0.277 e. The van der Waals surface area contributed by atoms with E-state index in [1.807, 2.05) is 30.3 Å². The first kappa shape index (κ1) is 17.3. The van der Waals surface area contributed by atoms with Crippen molar-refractivity contribution < 1.29 is 18.7 Å². The van der Waals surface area contributed by atoms with Crippen LogP contribution in [0.2, 0.25) is 0 Å². The fourth-order valence-electron chi connectivity index (χ4n) is 2.44. The molecular weight excluding hydrogens is 368 g/mol. The summed E-state index contributed by atoms with van der Waals surface area (Å²) in [5, 5.41) is 11.0. The molecule has 0 aliphatic carbocycles. The molecule has 0 spiro atoms. The van der Waals surface area contributed by atoms with Gasteiger partial charge in [-0.25, -0.2) is 0 Å². The first-order chi connectivity index (χ1) is 13.3. The van der Waals surface area contributed by atoms with E-state index in [0.29, 0.717) is 30.0 Å². The molecule has 8 nitrogen and oxygen atoms in total. The van der Waals surface area contributed by atoms with Gasteiger partial charge in [-0.1, -0.05) is 23.9 Å². The molecule has 3 heterocycles. The van der Waals surface area contributed by atoms with Crippen molar-refractivity contribution in [2.24, 2.45) is 0 Å². The maximum atomic E-state index is 12.1. The van der Waals surface area contributed by atoms with Gasteiger partial charge in [-0.15, -0.1) is 10.2 Å². The molecule has 1 aliphatic rings. The Labute approximate surface area is 159 Å². The van der Waals surface area contributed by atoms with Crippen LogP contribution < -0.4 is 14.8 Å². The second-order valence-corrected chi connectivity index (χ2v) is 6.63. The number of amides is 1. The molecule has 0 bridgehead atoms. The van der Waals surface area contributed by atoms with E-state index < -0.39 is 0 Å². The quantitative estimate of drug-likeness (QED) is 0.646. The molecule has 1 N–H and O–H groups in total. The summed E-state index contributed by atoms with van der Waals surface area (Å²) in [7, 11) is 0. The number of aromatic nitrogens is 3. The van der Waals surface area contributed by atoms with Crippen molar-refractivity contribution in [1.29, 1.82) is 0 Å². The predicted molar refractivity (Wildman–Crippen MR) is 97.6 cm³/mol. The van der Waals surface area contributed by atoms with Gasteiger partial charge in [-0.05, 0) is 24.3 Å². The summed E-state index contributed by atoms with van der Waals surface area (Å²) < 4.78 is 17.0. The lowest BCUT2D eigenvalue weighted by atomic mass is 10.2. The lowest BCUT2D eigenvalue weighted by Crippen LogP contribution is -2.41. The van der Waals surface area contributed by atoms with Crippen molar-refractivity contribution in [3.63, 3.8) is 0 Å². The summed E-state index contributed by atoms with van der Waals surface area (Å²) in [5.74, 6) is 1.79. The van der Waals surface area contributed by atoms with Gasteiger partial charge >= 0.3 is 0 Å². The summed E-state index contributed by atoms with van der Waals surface area (Å²) in [5.41, 5.74) is 0.732. The predicted octanol–water partition coefficient (Wildman–Crippen LogP) is 2.18. The molecule has 4 rings (SSSR count). The smallest absolute Gasteiger partial charge is 0.277 e. The fourth-order valence-corrected chi connectivity index (χ4v) is 3.04. The monoisotopic (exact) mass is 384 g/mol. The minimum atomic E-state index is -0.227. The van der Waals surface area contributed by atoms with Crippen molar-refractivity contribution in [2.75, 3.05) is 18.9 Å². The molecule has 27 heavy (non-hydrogen) atoms. The Bertz CT molecular complexity index is 918. The molecule has 0 fully saturated rings. The number of benzene rings is 1. The van der Waals surface area contributed by atoms with Crippen molar-refractivity contribution in [3.8, 4) is 23.0 Å². The molecule has 9 heteroatoms. The minimum absolute atomic E-state index is 0.149. The van der Waals surface area contributed by atoms with E-state index in [2.05, 4.69) is 20.5 Å². The van der Waals surface area contributed by atoms with Crippen LogP contribution in [-0.4, -0.2) is 46.1 Å². The summed E-state index contributed by atoms with van der Waals surface area (Å²) in [6.45, 7) is 0.751. The van der Waals surface area contributed by atoms with Gasteiger partial charge in [0.05, 0.1) is 17.9 Å². The molecule has 138 valence electrons. The summed E-state index contributed by atoms with van der Waals surface area (Å²) in [4.78, 5) is 16.1. The van der Waals surface area contributed by atoms with Gasteiger partial charge in [0.1, 0.15) is 12.7 Å². The number of hydrogen-bond acceptors (Lipinski definition) is 8. The van der Waals surface area contributed by atoms with E-state index in [1.165, 1.54) is 11.8 Å². The number of nitrogens with zero attached hydrogens (tertiary/aromatic N) is 3. The van der Waals surface area contributed by atoms with Crippen LogP contribution in [0.3, 0.4) is 0 Å².